The van der Waals surface area contributed by atoms with Crippen LogP contribution in [0.4, 0.5) is 4.79 Å². The Kier molecular flexibility index (Phi) is 5.27. The number of nitrogens with two attached hydrogens (primary N) is 1. The monoisotopic (exact) mass is 345 g/mol. The molecule has 4 N–H and O–H groups in total. The number of benzene rings is 1. The van der Waals surface area contributed by atoms with Gasteiger partial charge < -0.3 is 21.1 Å². The summed E-state index contributed by atoms with van der Waals surface area (Å²) in [5, 5.41) is 5.82. The van der Waals surface area contributed by atoms with Gasteiger partial charge in [0, 0.05) is 12.5 Å². The quantitative estimate of drug-likeness (QED) is 0.730. The van der Waals surface area contributed by atoms with Gasteiger partial charge >= 0.3 is 6.09 Å². The third kappa shape index (κ3) is 3.49. The molecule has 0 radical (unpaired) electrons. The average molecular weight is 345 g/mol. The predicted molar refractivity (Wildman–Crippen MR) is 94.9 cm³/mol. The molecule has 0 saturated heterocycles. The highest BCUT2D eigenvalue weighted by Gasteiger charge is 2.57. The van der Waals surface area contributed by atoms with Crippen LogP contribution in [-0.4, -0.2) is 37.7 Å². The highest BCUT2D eigenvalue weighted by atomic mass is 16.5. The van der Waals surface area contributed by atoms with E-state index in [0.717, 1.165) is 24.8 Å². The van der Waals surface area contributed by atoms with Crippen LogP contribution >= 0.6 is 0 Å². The summed E-state index contributed by atoms with van der Waals surface area (Å²) in [5.74, 6) is 0.355. The fraction of sp³-hybridized carbons (Fsp3) is 0.579. The van der Waals surface area contributed by atoms with Crippen LogP contribution in [0.3, 0.4) is 0 Å². The number of nitrogens with one attached hydrogen (secondary N) is 2. The number of hydrogen-bond acceptors (Lipinski definition) is 4. The number of amides is 2. The molecular formula is C19H27N3O3. The molecule has 3 atom stereocenters. The van der Waals surface area contributed by atoms with E-state index in [-0.39, 0.29) is 17.4 Å². The first kappa shape index (κ1) is 17.7. The minimum absolute atomic E-state index is 0.152. The summed E-state index contributed by atoms with van der Waals surface area (Å²) in [7, 11) is 1.30. The summed E-state index contributed by atoms with van der Waals surface area (Å²) in [6.07, 6.45) is 4.24. The molecule has 6 nitrogen and oxygen atoms in total. The second-order valence-electron chi connectivity index (χ2n) is 7.19. The Hall–Kier alpha value is -2.08. The van der Waals surface area contributed by atoms with Crippen LogP contribution in [0.25, 0.3) is 0 Å². The van der Waals surface area contributed by atoms with E-state index in [1.165, 1.54) is 13.5 Å². The number of ether oxygens (including phenoxy) is 1. The van der Waals surface area contributed by atoms with E-state index >= 15 is 0 Å². The number of hydrogen-bond donors (Lipinski definition) is 3. The van der Waals surface area contributed by atoms with Crippen molar-refractivity contribution >= 4 is 12.0 Å². The molecule has 1 aromatic carbocycles. The maximum Gasteiger partial charge on any atom is 0.407 e. The lowest BCUT2D eigenvalue weighted by Gasteiger charge is -2.61. The summed E-state index contributed by atoms with van der Waals surface area (Å²) in [6, 6.07) is 9.17. The molecule has 2 saturated carbocycles. The third-order valence-corrected chi connectivity index (χ3v) is 5.99. The van der Waals surface area contributed by atoms with Gasteiger partial charge in [-0.05, 0) is 42.7 Å². The second-order valence-corrected chi connectivity index (χ2v) is 7.19. The largest absolute Gasteiger partial charge is 0.453 e. The minimum atomic E-state index is -0.649. The van der Waals surface area contributed by atoms with E-state index in [1.807, 2.05) is 30.3 Å². The molecule has 2 aliphatic carbocycles. The van der Waals surface area contributed by atoms with Crippen molar-refractivity contribution in [2.24, 2.45) is 17.1 Å². The normalized spacial score (nSPS) is 24.6. The van der Waals surface area contributed by atoms with Crippen LogP contribution in [0.5, 0.6) is 0 Å². The SMILES string of the molecule is COC(=O)NC(Cc1ccccc1)C(=O)NC1CC(CN)C12CCC2. The third-order valence-electron chi connectivity index (χ3n) is 5.99. The minimum Gasteiger partial charge on any atom is -0.453 e. The van der Waals surface area contributed by atoms with Crippen molar-refractivity contribution in [3.8, 4) is 0 Å². The Labute approximate surface area is 148 Å². The lowest BCUT2D eigenvalue weighted by atomic mass is 9.47. The predicted octanol–water partition coefficient (Wildman–Crippen LogP) is 1.59. The van der Waals surface area contributed by atoms with Gasteiger partial charge in [0.15, 0.2) is 0 Å². The van der Waals surface area contributed by atoms with E-state index < -0.39 is 12.1 Å². The van der Waals surface area contributed by atoms with Crippen molar-refractivity contribution in [3.63, 3.8) is 0 Å². The molecule has 2 fully saturated rings. The van der Waals surface area contributed by atoms with Crippen LogP contribution in [0.2, 0.25) is 0 Å². The zero-order chi connectivity index (χ0) is 17.9. The van der Waals surface area contributed by atoms with Gasteiger partial charge in [-0.15, -0.1) is 0 Å². The Balaban J connectivity index is 1.65. The van der Waals surface area contributed by atoms with Gasteiger partial charge in [-0.2, -0.15) is 0 Å². The number of rotatable bonds is 6. The summed E-state index contributed by atoms with van der Waals surface area (Å²) in [5.41, 5.74) is 7.05. The van der Waals surface area contributed by atoms with E-state index in [9.17, 15) is 9.59 Å². The van der Waals surface area contributed by atoms with Gasteiger partial charge in [0.2, 0.25) is 5.91 Å². The molecule has 1 aromatic rings. The average Bonchev–Trinajstić information content (AvgIpc) is 2.56. The number of methoxy groups -OCH3 is 1. The molecule has 2 aliphatic rings. The van der Waals surface area contributed by atoms with Crippen molar-refractivity contribution in [1.29, 1.82) is 0 Å². The lowest BCUT2D eigenvalue weighted by molar-refractivity contribution is -0.134. The van der Waals surface area contributed by atoms with Crippen molar-refractivity contribution < 1.29 is 14.3 Å². The standard InChI is InChI=1S/C19H27N3O3/c1-25-18(24)21-15(10-13-6-3-2-4-7-13)17(23)22-16-11-14(12-20)19(16)8-5-9-19/h2-4,6-7,14-16H,5,8-12,20H2,1H3,(H,21,24)(H,22,23). The molecule has 0 bridgehead atoms. The second kappa shape index (κ2) is 7.44. The molecule has 1 spiro atoms. The smallest absolute Gasteiger partial charge is 0.407 e. The number of carbonyl (C=O) groups is 2. The van der Waals surface area contributed by atoms with Gasteiger partial charge in [-0.3, -0.25) is 4.79 Å². The van der Waals surface area contributed by atoms with Gasteiger partial charge in [0.1, 0.15) is 6.04 Å². The first-order valence-corrected chi connectivity index (χ1v) is 8.98. The molecule has 136 valence electrons. The number of carbonyl (C=O) groups excluding carboxylic acids is 2. The molecule has 25 heavy (non-hydrogen) atoms. The molecule has 2 amide bonds. The topological polar surface area (TPSA) is 93.4 Å². The Morgan fingerprint density at radius 3 is 2.60 bits per heavy atom. The zero-order valence-corrected chi connectivity index (χ0v) is 14.7. The Morgan fingerprint density at radius 2 is 2.04 bits per heavy atom. The highest BCUT2D eigenvalue weighted by Crippen LogP contribution is 2.59. The fourth-order valence-corrected chi connectivity index (χ4v) is 4.29. The summed E-state index contributed by atoms with van der Waals surface area (Å²) < 4.78 is 4.68. The summed E-state index contributed by atoms with van der Waals surface area (Å²) >= 11 is 0. The zero-order valence-electron chi connectivity index (χ0n) is 14.7. The van der Waals surface area contributed by atoms with E-state index in [0.29, 0.717) is 18.9 Å². The Morgan fingerprint density at radius 1 is 1.32 bits per heavy atom. The van der Waals surface area contributed by atoms with Gasteiger partial charge in [0.05, 0.1) is 7.11 Å². The van der Waals surface area contributed by atoms with Crippen LogP contribution in [0, 0.1) is 11.3 Å². The Bertz CT molecular complexity index is 616. The van der Waals surface area contributed by atoms with Crippen LogP contribution in [-0.2, 0) is 16.0 Å². The lowest BCUT2D eigenvalue weighted by Crippen LogP contribution is -2.67. The van der Waals surface area contributed by atoms with Gasteiger partial charge in [-0.25, -0.2) is 4.79 Å². The highest BCUT2D eigenvalue weighted by molar-refractivity contribution is 5.86. The van der Waals surface area contributed by atoms with Crippen molar-refractivity contribution in [1.82, 2.24) is 10.6 Å². The first-order chi connectivity index (χ1) is 12.1. The molecule has 0 aliphatic heterocycles. The fourth-order valence-electron chi connectivity index (χ4n) is 4.29. The molecule has 6 heteroatoms. The van der Waals surface area contributed by atoms with Gasteiger partial charge in [0.25, 0.3) is 0 Å². The maximum atomic E-state index is 12.8. The molecule has 3 rings (SSSR count). The number of alkyl carbamates (subject to hydrolysis) is 1. The summed E-state index contributed by atoms with van der Waals surface area (Å²) in [6.45, 7) is 0.681. The van der Waals surface area contributed by atoms with Crippen LogP contribution < -0.4 is 16.4 Å². The molecule has 0 aromatic heterocycles. The van der Waals surface area contributed by atoms with Crippen molar-refractivity contribution in [2.45, 2.75) is 44.2 Å². The van der Waals surface area contributed by atoms with E-state index in [4.69, 9.17) is 5.73 Å². The molecule has 0 heterocycles. The molecule has 3 unspecified atom stereocenters. The van der Waals surface area contributed by atoms with Gasteiger partial charge in [-0.1, -0.05) is 36.8 Å². The van der Waals surface area contributed by atoms with Crippen LogP contribution in [0.15, 0.2) is 30.3 Å². The van der Waals surface area contributed by atoms with Crippen molar-refractivity contribution in [3.05, 3.63) is 35.9 Å². The first-order valence-electron chi connectivity index (χ1n) is 8.98. The summed E-state index contributed by atoms with van der Waals surface area (Å²) in [4.78, 5) is 24.5. The van der Waals surface area contributed by atoms with E-state index in [1.54, 1.807) is 0 Å². The van der Waals surface area contributed by atoms with E-state index in [2.05, 4.69) is 15.4 Å². The maximum absolute atomic E-state index is 12.8. The molecular weight excluding hydrogens is 318 g/mol. The van der Waals surface area contributed by atoms with Crippen LogP contribution in [0.1, 0.15) is 31.2 Å². The van der Waals surface area contributed by atoms with Crippen molar-refractivity contribution in [2.75, 3.05) is 13.7 Å².